The van der Waals surface area contributed by atoms with E-state index in [1.54, 1.807) is 0 Å². The van der Waals surface area contributed by atoms with Crippen molar-refractivity contribution in [3.05, 3.63) is 22.3 Å². The summed E-state index contributed by atoms with van der Waals surface area (Å²) in [7, 11) is 0. The van der Waals surface area contributed by atoms with Crippen LogP contribution in [0.3, 0.4) is 0 Å². The Bertz CT molecular complexity index is 484. The predicted molar refractivity (Wildman–Crippen MR) is 45.1 cm³/mol. The van der Waals surface area contributed by atoms with Crippen molar-refractivity contribution < 1.29 is 4.11 Å². The third-order valence-electron chi connectivity index (χ3n) is 1.04. The van der Waals surface area contributed by atoms with E-state index in [1.807, 2.05) is 0 Å². The number of rotatable bonds is 0. The minimum absolute atomic E-state index is 0.0113. The van der Waals surface area contributed by atoms with Gasteiger partial charge in [0.1, 0.15) is 0 Å². The van der Waals surface area contributed by atoms with Crippen LogP contribution >= 0.6 is 27.3 Å². The van der Waals surface area contributed by atoms with E-state index in [1.165, 1.54) is 0 Å². The average Bonchev–Trinajstić information content (AvgIpc) is 2.44. The highest BCUT2D eigenvalue weighted by molar-refractivity contribution is 9.10. The second-order valence-electron chi connectivity index (χ2n) is 1.63. The third kappa shape index (κ3) is 0.839. The van der Waals surface area contributed by atoms with Gasteiger partial charge in [-0.05, 0) is 15.9 Å². The van der Waals surface area contributed by atoms with Gasteiger partial charge < -0.3 is 0 Å². The zero-order valence-corrected chi connectivity index (χ0v) is 7.08. The molecule has 4 heteroatoms. The zero-order chi connectivity index (χ0) is 9.59. The summed E-state index contributed by atoms with van der Waals surface area (Å²) in [5.41, 5.74) is 0.622. The average molecular weight is 218 g/mol. The lowest BCUT2D eigenvalue weighted by Gasteiger charge is -1.87. The fourth-order valence-electron chi connectivity index (χ4n) is 0.619. The van der Waals surface area contributed by atoms with Crippen molar-refractivity contribution in [2.45, 2.75) is 0 Å². The summed E-state index contributed by atoms with van der Waals surface area (Å²) in [6.45, 7) is 0. The fraction of sp³-hybridized carbons (Fsp3) is 0. The number of pyridine rings is 1. The lowest BCUT2D eigenvalue weighted by atomic mass is 10.4. The van der Waals surface area contributed by atoms with Crippen LogP contribution in [0.4, 0.5) is 0 Å². The first kappa shape index (κ1) is 3.78. The molecule has 0 fully saturated rings. The molecule has 0 spiro atoms. The molecule has 2 nitrogen and oxygen atoms in total. The van der Waals surface area contributed by atoms with Crippen molar-refractivity contribution in [1.82, 2.24) is 9.97 Å². The first-order chi connectivity index (χ1) is 6.09. The molecule has 2 aromatic heterocycles. The molecule has 0 saturated heterocycles. The van der Waals surface area contributed by atoms with E-state index in [0.29, 0.717) is 14.7 Å². The molecule has 0 unspecified atom stereocenters. The molecule has 10 heavy (non-hydrogen) atoms. The molecule has 0 aromatic carbocycles. The molecule has 0 N–H and O–H groups in total. The summed E-state index contributed by atoms with van der Waals surface area (Å²) < 4.78 is 23.1. The van der Waals surface area contributed by atoms with Crippen LogP contribution in [0.2, 0.25) is 0 Å². The SMILES string of the molecule is [2H]c1nc2c(Br)c([2H])nc([2H])c2s1. The topological polar surface area (TPSA) is 25.8 Å². The number of nitrogens with zero attached hydrogens (tertiary/aromatic N) is 2. The standard InChI is InChI=1S/C6H3BrN2S/c7-4-1-8-2-5-6(4)9-3-10-5/h1-3H/i1D,2D,3D. The fourth-order valence-corrected chi connectivity index (χ4v) is 1.69. The first-order valence-electron chi connectivity index (χ1n) is 3.99. The second-order valence-corrected chi connectivity index (χ2v) is 3.22. The van der Waals surface area contributed by atoms with Gasteiger partial charge in [0.05, 0.1) is 24.3 Å². The smallest absolute Gasteiger partial charge is 0.0985 e. The van der Waals surface area contributed by atoms with E-state index in [9.17, 15) is 0 Å². The largest absolute Gasteiger partial charge is 0.262 e. The van der Waals surface area contributed by atoms with Gasteiger partial charge in [-0.25, -0.2) is 4.98 Å². The lowest BCUT2D eigenvalue weighted by Crippen LogP contribution is -1.72. The monoisotopic (exact) mass is 217 g/mol. The number of fused-ring (bicyclic) bond motifs is 1. The van der Waals surface area contributed by atoms with E-state index in [2.05, 4.69) is 25.9 Å². The van der Waals surface area contributed by atoms with E-state index < -0.39 is 0 Å². The quantitative estimate of drug-likeness (QED) is 0.678. The Balaban J connectivity index is 2.95. The third-order valence-corrected chi connectivity index (χ3v) is 2.26. The van der Waals surface area contributed by atoms with Crippen LogP contribution in [0.15, 0.2) is 22.3 Å². The second kappa shape index (κ2) is 2.29. The highest BCUT2D eigenvalue weighted by Gasteiger charge is 1.98. The van der Waals surface area contributed by atoms with Crippen LogP contribution in [0, 0.1) is 0 Å². The van der Waals surface area contributed by atoms with Gasteiger partial charge in [0, 0.05) is 12.3 Å². The first-order valence-corrected chi connectivity index (χ1v) is 4.10. The van der Waals surface area contributed by atoms with E-state index in [-0.39, 0.29) is 17.8 Å². The molecule has 0 atom stereocenters. The van der Waals surface area contributed by atoms with Crippen LogP contribution in [-0.2, 0) is 0 Å². The van der Waals surface area contributed by atoms with Gasteiger partial charge >= 0.3 is 0 Å². The Morgan fingerprint density at radius 2 is 2.50 bits per heavy atom. The molecule has 0 saturated carbocycles. The molecule has 0 aliphatic carbocycles. The van der Waals surface area contributed by atoms with Crippen molar-refractivity contribution in [3.63, 3.8) is 0 Å². The summed E-state index contributed by atoms with van der Waals surface area (Å²) in [6.07, 6.45) is 0.00185. The van der Waals surface area contributed by atoms with Crippen molar-refractivity contribution in [2.24, 2.45) is 0 Å². The highest BCUT2D eigenvalue weighted by atomic mass is 79.9. The van der Waals surface area contributed by atoms with E-state index in [0.717, 1.165) is 11.3 Å². The lowest BCUT2D eigenvalue weighted by molar-refractivity contribution is 1.34. The van der Waals surface area contributed by atoms with Crippen molar-refractivity contribution in [2.75, 3.05) is 0 Å². The highest BCUT2D eigenvalue weighted by Crippen LogP contribution is 2.23. The Morgan fingerprint density at radius 3 is 3.40 bits per heavy atom. The molecule has 2 aromatic rings. The van der Waals surface area contributed by atoms with Gasteiger partial charge in [0.15, 0.2) is 0 Å². The zero-order valence-electron chi connectivity index (χ0n) is 7.68. The molecule has 0 bridgehead atoms. The number of thiazole rings is 1. The maximum Gasteiger partial charge on any atom is 0.0985 e. The van der Waals surface area contributed by atoms with Gasteiger partial charge in [0.25, 0.3) is 0 Å². The number of hydrogen-bond acceptors (Lipinski definition) is 3. The van der Waals surface area contributed by atoms with E-state index in [4.69, 9.17) is 4.11 Å². The number of aromatic nitrogens is 2. The predicted octanol–water partition coefficient (Wildman–Crippen LogP) is 2.45. The Kier molecular flexibility index (Phi) is 0.864. The van der Waals surface area contributed by atoms with Crippen LogP contribution in [-0.4, -0.2) is 9.97 Å². The maximum absolute atomic E-state index is 7.45. The minimum atomic E-state index is -0.0113. The summed E-state index contributed by atoms with van der Waals surface area (Å²) in [5.74, 6) is 0. The molecule has 2 heterocycles. The molecule has 0 aliphatic rings. The van der Waals surface area contributed by atoms with E-state index >= 15 is 0 Å². The van der Waals surface area contributed by atoms with Crippen molar-refractivity contribution >= 4 is 37.5 Å². The van der Waals surface area contributed by atoms with Crippen LogP contribution in [0.5, 0.6) is 0 Å². The molecule has 0 amide bonds. The summed E-state index contributed by atoms with van der Waals surface area (Å²) in [6, 6.07) is 0. The van der Waals surface area contributed by atoms with Crippen molar-refractivity contribution in [3.8, 4) is 0 Å². The van der Waals surface area contributed by atoms with Crippen LogP contribution in [0.1, 0.15) is 4.11 Å². The molecule has 2 rings (SSSR count). The Labute approximate surface area is 74.3 Å². The van der Waals surface area contributed by atoms with Crippen molar-refractivity contribution in [1.29, 1.82) is 0 Å². The minimum Gasteiger partial charge on any atom is -0.262 e. The van der Waals surface area contributed by atoms with Gasteiger partial charge in [-0.1, -0.05) is 0 Å². The van der Waals surface area contributed by atoms with Gasteiger partial charge in [-0.3, -0.25) is 4.98 Å². The summed E-state index contributed by atoms with van der Waals surface area (Å²) in [5, 5.41) is 0. The molecular formula is C6H3BrN2S. The van der Waals surface area contributed by atoms with Crippen LogP contribution in [0.25, 0.3) is 10.2 Å². The summed E-state index contributed by atoms with van der Waals surface area (Å²) in [4.78, 5) is 7.58. The molecule has 0 aliphatic heterocycles. The number of halogens is 1. The van der Waals surface area contributed by atoms with Gasteiger partial charge in [0.2, 0.25) is 0 Å². The summed E-state index contributed by atoms with van der Waals surface area (Å²) >= 11 is 4.25. The molecule has 0 radical (unpaired) electrons. The Morgan fingerprint density at radius 1 is 1.60 bits per heavy atom. The molecular weight excluding hydrogens is 212 g/mol. The molecule has 50 valence electrons. The number of hydrogen-bond donors (Lipinski definition) is 0. The Hall–Kier alpha value is -0.480. The normalized spacial score (nSPS) is 14.7. The maximum atomic E-state index is 7.45. The van der Waals surface area contributed by atoms with Gasteiger partial charge in [-0.15, -0.1) is 11.3 Å². The van der Waals surface area contributed by atoms with Gasteiger partial charge in [-0.2, -0.15) is 0 Å². The van der Waals surface area contributed by atoms with Crippen LogP contribution < -0.4 is 0 Å².